The number of hydrogen-bond acceptors (Lipinski definition) is 3. The zero-order chi connectivity index (χ0) is 11.9. The second kappa shape index (κ2) is 3.75. The Bertz CT molecular complexity index is 319. The maximum Gasteiger partial charge on any atom is 0.407 e. The molecule has 2 rings (SSSR count). The van der Waals surface area contributed by atoms with Gasteiger partial charge in [-0.1, -0.05) is 0 Å². The summed E-state index contributed by atoms with van der Waals surface area (Å²) in [6.07, 6.45) is 1.94. The lowest BCUT2D eigenvalue weighted by Gasteiger charge is -2.25. The van der Waals surface area contributed by atoms with Gasteiger partial charge in [-0.25, -0.2) is 4.79 Å². The molecule has 0 aromatic heterocycles. The number of hydrogen-bond donors (Lipinski definition) is 1. The predicted octanol–water partition coefficient (Wildman–Crippen LogP) is 1.88. The van der Waals surface area contributed by atoms with Crippen LogP contribution in [0, 0.1) is 11.8 Å². The molecule has 0 aromatic carbocycles. The molecule has 90 valence electrons. The summed E-state index contributed by atoms with van der Waals surface area (Å²) < 4.78 is 5.20. The molecule has 1 amide bonds. The fraction of sp³-hybridized carbons (Fsp3) is 0.833. The van der Waals surface area contributed by atoms with E-state index in [-0.39, 0.29) is 18.1 Å². The Labute approximate surface area is 95.7 Å². The molecule has 16 heavy (non-hydrogen) atoms. The number of carbonyl (C=O) groups excluding carboxylic acids is 2. The number of Topliss-reactive ketones (excluding diaryl/α,β-unsaturated/α-hetero) is 1. The van der Waals surface area contributed by atoms with Gasteiger partial charge in [0.25, 0.3) is 0 Å². The van der Waals surface area contributed by atoms with Crippen LogP contribution >= 0.6 is 0 Å². The average molecular weight is 225 g/mol. The van der Waals surface area contributed by atoms with Crippen molar-refractivity contribution in [3.63, 3.8) is 0 Å². The van der Waals surface area contributed by atoms with E-state index in [0.29, 0.717) is 18.1 Å². The highest BCUT2D eigenvalue weighted by atomic mass is 16.6. The summed E-state index contributed by atoms with van der Waals surface area (Å²) in [6.45, 7) is 5.53. The summed E-state index contributed by atoms with van der Waals surface area (Å²) >= 11 is 0. The average Bonchev–Trinajstić information content (AvgIpc) is 2.86. The Morgan fingerprint density at radius 2 is 2.12 bits per heavy atom. The van der Waals surface area contributed by atoms with Gasteiger partial charge in [0.05, 0.1) is 0 Å². The molecule has 1 N–H and O–H groups in total. The summed E-state index contributed by atoms with van der Waals surface area (Å²) in [5.74, 6) is 0.953. The van der Waals surface area contributed by atoms with E-state index in [2.05, 4.69) is 5.32 Å². The van der Waals surface area contributed by atoms with Gasteiger partial charge >= 0.3 is 6.09 Å². The van der Waals surface area contributed by atoms with Crippen LogP contribution in [0.4, 0.5) is 4.79 Å². The number of nitrogens with one attached hydrogen (secondary N) is 1. The molecule has 3 atom stereocenters. The Morgan fingerprint density at radius 1 is 1.44 bits per heavy atom. The first-order valence-electron chi connectivity index (χ1n) is 5.89. The van der Waals surface area contributed by atoms with Crippen LogP contribution in [0.15, 0.2) is 0 Å². The zero-order valence-corrected chi connectivity index (χ0v) is 10.1. The molecule has 0 heterocycles. The third-order valence-electron chi connectivity index (χ3n) is 3.17. The standard InChI is InChI=1S/C12H19NO3/c1-12(2,3)16-11(15)13-9-4-5-10(14)8-6-7(8)9/h7-9H,4-6H2,1-3H3,(H,13,15)/t7-,8+,9-/m1/s1. The highest BCUT2D eigenvalue weighted by molar-refractivity contribution is 5.85. The Hall–Kier alpha value is -1.06. The molecule has 0 bridgehead atoms. The van der Waals surface area contributed by atoms with Crippen LogP contribution in [0.1, 0.15) is 40.0 Å². The SMILES string of the molecule is CC(C)(C)OC(=O)N[C@@H]1CCC(=O)[C@H]2C[C@H]21. The minimum atomic E-state index is -0.461. The predicted molar refractivity (Wildman–Crippen MR) is 59.0 cm³/mol. The number of alkyl carbamates (subject to hydrolysis) is 1. The summed E-state index contributed by atoms with van der Waals surface area (Å²) in [6, 6.07) is 0.137. The molecule has 4 heteroatoms. The summed E-state index contributed by atoms with van der Waals surface area (Å²) in [4.78, 5) is 22.9. The molecule has 0 aromatic rings. The molecular formula is C12H19NO3. The van der Waals surface area contributed by atoms with Crippen molar-refractivity contribution >= 4 is 11.9 Å². The monoisotopic (exact) mass is 225 g/mol. The van der Waals surface area contributed by atoms with Gasteiger partial charge in [0.15, 0.2) is 0 Å². The van der Waals surface area contributed by atoms with Crippen molar-refractivity contribution in [1.29, 1.82) is 0 Å². The van der Waals surface area contributed by atoms with Gasteiger partial charge in [0.1, 0.15) is 11.4 Å². The van der Waals surface area contributed by atoms with E-state index < -0.39 is 5.60 Å². The molecule has 0 saturated heterocycles. The van der Waals surface area contributed by atoms with Gasteiger partial charge in [0, 0.05) is 18.4 Å². The largest absolute Gasteiger partial charge is 0.444 e. The second-order valence-electron chi connectivity index (χ2n) is 5.76. The molecule has 2 aliphatic rings. The minimum absolute atomic E-state index is 0.137. The summed E-state index contributed by atoms with van der Waals surface area (Å²) in [7, 11) is 0. The smallest absolute Gasteiger partial charge is 0.407 e. The number of amides is 1. The lowest BCUT2D eigenvalue weighted by atomic mass is 9.94. The Balaban J connectivity index is 1.83. The number of ether oxygens (including phenoxy) is 1. The molecule has 0 radical (unpaired) electrons. The molecule has 0 spiro atoms. The number of fused-ring (bicyclic) bond motifs is 1. The van der Waals surface area contributed by atoms with Gasteiger partial charge in [0.2, 0.25) is 0 Å². The first-order valence-corrected chi connectivity index (χ1v) is 5.89. The Morgan fingerprint density at radius 3 is 2.75 bits per heavy atom. The van der Waals surface area contributed by atoms with Crippen LogP contribution in [0.25, 0.3) is 0 Å². The van der Waals surface area contributed by atoms with Gasteiger partial charge in [-0.15, -0.1) is 0 Å². The molecule has 0 aliphatic heterocycles. The van der Waals surface area contributed by atoms with Crippen molar-refractivity contribution in [3.05, 3.63) is 0 Å². The third-order valence-corrected chi connectivity index (χ3v) is 3.17. The highest BCUT2D eigenvalue weighted by Crippen LogP contribution is 2.47. The third kappa shape index (κ3) is 2.54. The molecule has 4 nitrogen and oxygen atoms in total. The van der Waals surface area contributed by atoms with E-state index in [1.54, 1.807) is 0 Å². The topological polar surface area (TPSA) is 55.4 Å². The minimum Gasteiger partial charge on any atom is -0.444 e. The molecule has 2 saturated carbocycles. The molecule has 2 fully saturated rings. The van der Waals surface area contributed by atoms with E-state index in [1.165, 1.54) is 0 Å². The van der Waals surface area contributed by atoms with Crippen molar-refractivity contribution in [2.45, 2.75) is 51.7 Å². The van der Waals surface area contributed by atoms with E-state index in [1.807, 2.05) is 20.8 Å². The summed E-state index contributed by atoms with van der Waals surface area (Å²) in [5.41, 5.74) is -0.461. The van der Waals surface area contributed by atoms with E-state index >= 15 is 0 Å². The van der Waals surface area contributed by atoms with Crippen LogP contribution in [0.3, 0.4) is 0 Å². The maximum atomic E-state index is 11.6. The van der Waals surface area contributed by atoms with Crippen molar-refractivity contribution in [3.8, 4) is 0 Å². The lowest BCUT2D eigenvalue weighted by molar-refractivity contribution is -0.121. The number of ketones is 1. The number of rotatable bonds is 1. The van der Waals surface area contributed by atoms with Gasteiger partial charge in [-0.3, -0.25) is 4.79 Å². The molecular weight excluding hydrogens is 206 g/mol. The number of carbonyl (C=O) groups is 2. The van der Waals surface area contributed by atoms with Crippen LogP contribution in [0.2, 0.25) is 0 Å². The van der Waals surface area contributed by atoms with Crippen LogP contribution < -0.4 is 5.32 Å². The van der Waals surface area contributed by atoms with Crippen molar-refractivity contribution < 1.29 is 14.3 Å². The van der Waals surface area contributed by atoms with Gasteiger partial charge in [-0.2, -0.15) is 0 Å². The molecule has 2 aliphatic carbocycles. The van der Waals surface area contributed by atoms with Crippen molar-refractivity contribution in [2.75, 3.05) is 0 Å². The first kappa shape index (κ1) is 11.4. The normalized spacial score (nSPS) is 32.9. The zero-order valence-electron chi connectivity index (χ0n) is 10.1. The molecule has 0 unspecified atom stereocenters. The van der Waals surface area contributed by atoms with Crippen LogP contribution in [-0.4, -0.2) is 23.5 Å². The second-order valence-corrected chi connectivity index (χ2v) is 5.76. The lowest BCUT2D eigenvalue weighted by Crippen LogP contribution is -2.42. The summed E-state index contributed by atoms with van der Waals surface area (Å²) in [5, 5.41) is 2.87. The fourth-order valence-corrected chi connectivity index (χ4v) is 2.36. The van der Waals surface area contributed by atoms with Crippen molar-refractivity contribution in [1.82, 2.24) is 5.32 Å². The first-order chi connectivity index (χ1) is 7.37. The Kier molecular flexibility index (Phi) is 2.68. The maximum absolute atomic E-state index is 11.6. The van der Waals surface area contributed by atoms with E-state index in [4.69, 9.17) is 4.74 Å². The van der Waals surface area contributed by atoms with Crippen LogP contribution in [0.5, 0.6) is 0 Å². The van der Waals surface area contributed by atoms with Crippen molar-refractivity contribution in [2.24, 2.45) is 11.8 Å². The fourth-order valence-electron chi connectivity index (χ4n) is 2.36. The van der Waals surface area contributed by atoms with E-state index in [9.17, 15) is 9.59 Å². The van der Waals surface area contributed by atoms with E-state index in [0.717, 1.165) is 12.8 Å². The van der Waals surface area contributed by atoms with Gasteiger partial charge in [-0.05, 0) is 39.5 Å². The highest BCUT2D eigenvalue weighted by Gasteiger charge is 2.50. The quantitative estimate of drug-likeness (QED) is 0.741. The van der Waals surface area contributed by atoms with Crippen LogP contribution in [-0.2, 0) is 9.53 Å². The van der Waals surface area contributed by atoms with Gasteiger partial charge < -0.3 is 10.1 Å².